The van der Waals surface area contributed by atoms with Crippen molar-refractivity contribution in [1.29, 1.82) is 0 Å². The smallest absolute Gasteiger partial charge is 0.253 e. The summed E-state index contributed by atoms with van der Waals surface area (Å²) >= 11 is 0. The molecule has 106 valence electrons. The van der Waals surface area contributed by atoms with Crippen LogP contribution in [0.25, 0.3) is 0 Å². The minimum atomic E-state index is -0.0692. The van der Waals surface area contributed by atoms with Crippen molar-refractivity contribution in [2.75, 3.05) is 31.3 Å². The van der Waals surface area contributed by atoms with Gasteiger partial charge in [-0.05, 0) is 30.0 Å². The van der Waals surface area contributed by atoms with E-state index in [0.717, 1.165) is 12.1 Å². The van der Waals surface area contributed by atoms with Crippen molar-refractivity contribution in [2.24, 2.45) is 5.41 Å². The SMILES string of the molecule is CN(C)c1ccc(N)cc1C(=O)NCCC(C)(C)C. The van der Waals surface area contributed by atoms with Gasteiger partial charge in [0.25, 0.3) is 5.91 Å². The van der Waals surface area contributed by atoms with E-state index < -0.39 is 0 Å². The molecule has 3 N–H and O–H groups in total. The number of nitrogens with two attached hydrogens (primary N) is 1. The Hall–Kier alpha value is -1.71. The summed E-state index contributed by atoms with van der Waals surface area (Å²) in [6.07, 6.45) is 0.943. The quantitative estimate of drug-likeness (QED) is 0.821. The highest BCUT2D eigenvalue weighted by Crippen LogP contribution is 2.22. The van der Waals surface area contributed by atoms with Gasteiger partial charge in [0.2, 0.25) is 0 Å². The van der Waals surface area contributed by atoms with Crippen molar-refractivity contribution in [3.05, 3.63) is 23.8 Å². The predicted octanol–water partition coefficient (Wildman–Crippen LogP) is 2.50. The van der Waals surface area contributed by atoms with Crippen LogP contribution in [0.3, 0.4) is 0 Å². The minimum absolute atomic E-state index is 0.0692. The molecule has 0 saturated heterocycles. The molecule has 0 aromatic heterocycles. The Bertz CT molecular complexity index is 447. The number of hydrogen-bond acceptors (Lipinski definition) is 3. The van der Waals surface area contributed by atoms with E-state index in [9.17, 15) is 4.79 Å². The summed E-state index contributed by atoms with van der Waals surface area (Å²) in [6.45, 7) is 7.14. The number of nitrogens with one attached hydrogen (secondary N) is 1. The van der Waals surface area contributed by atoms with Crippen LogP contribution in [0, 0.1) is 5.41 Å². The monoisotopic (exact) mass is 263 g/mol. The lowest BCUT2D eigenvalue weighted by Gasteiger charge is -2.20. The van der Waals surface area contributed by atoms with Crippen LogP contribution in [-0.2, 0) is 0 Å². The van der Waals surface area contributed by atoms with Crippen LogP contribution >= 0.6 is 0 Å². The summed E-state index contributed by atoms with van der Waals surface area (Å²) in [5.74, 6) is -0.0692. The van der Waals surface area contributed by atoms with Crippen LogP contribution in [0.2, 0.25) is 0 Å². The maximum atomic E-state index is 12.2. The number of anilines is 2. The average molecular weight is 263 g/mol. The Morgan fingerprint density at radius 3 is 2.47 bits per heavy atom. The average Bonchev–Trinajstić information content (AvgIpc) is 2.26. The highest BCUT2D eigenvalue weighted by atomic mass is 16.1. The summed E-state index contributed by atoms with van der Waals surface area (Å²) in [7, 11) is 3.83. The van der Waals surface area contributed by atoms with Gasteiger partial charge in [0.1, 0.15) is 0 Å². The summed E-state index contributed by atoms with van der Waals surface area (Å²) in [6, 6.07) is 5.40. The molecular formula is C15H25N3O. The number of carbonyl (C=O) groups is 1. The fraction of sp³-hybridized carbons (Fsp3) is 0.533. The van der Waals surface area contributed by atoms with Crippen LogP contribution < -0.4 is 16.0 Å². The van der Waals surface area contributed by atoms with Gasteiger partial charge in [-0.1, -0.05) is 20.8 Å². The Kier molecular flexibility index (Phi) is 4.81. The van der Waals surface area contributed by atoms with Gasteiger partial charge in [-0.2, -0.15) is 0 Å². The topological polar surface area (TPSA) is 58.4 Å². The third kappa shape index (κ3) is 4.81. The molecule has 0 aliphatic rings. The molecule has 0 unspecified atom stereocenters. The van der Waals surface area contributed by atoms with Gasteiger partial charge in [-0.15, -0.1) is 0 Å². The molecule has 1 rings (SSSR count). The second-order valence-corrected chi connectivity index (χ2v) is 6.24. The molecular weight excluding hydrogens is 238 g/mol. The highest BCUT2D eigenvalue weighted by molar-refractivity contribution is 6.00. The first-order valence-electron chi connectivity index (χ1n) is 6.56. The Morgan fingerprint density at radius 1 is 1.32 bits per heavy atom. The number of nitrogen functional groups attached to an aromatic ring is 1. The van der Waals surface area contributed by atoms with Gasteiger partial charge in [0.05, 0.1) is 5.56 Å². The molecule has 0 fully saturated rings. The molecule has 1 amide bonds. The maximum Gasteiger partial charge on any atom is 0.253 e. The maximum absolute atomic E-state index is 12.2. The third-order valence-corrected chi connectivity index (χ3v) is 2.91. The fourth-order valence-electron chi connectivity index (χ4n) is 1.77. The first-order valence-corrected chi connectivity index (χ1v) is 6.56. The second-order valence-electron chi connectivity index (χ2n) is 6.24. The van der Waals surface area contributed by atoms with Gasteiger partial charge in [0, 0.05) is 32.0 Å². The number of benzene rings is 1. The van der Waals surface area contributed by atoms with Crippen molar-refractivity contribution in [3.8, 4) is 0 Å². The van der Waals surface area contributed by atoms with Crippen molar-refractivity contribution >= 4 is 17.3 Å². The zero-order chi connectivity index (χ0) is 14.6. The van der Waals surface area contributed by atoms with Crippen molar-refractivity contribution in [1.82, 2.24) is 5.32 Å². The van der Waals surface area contributed by atoms with E-state index in [-0.39, 0.29) is 11.3 Å². The first-order chi connectivity index (χ1) is 8.70. The van der Waals surface area contributed by atoms with Crippen molar-refractivity contribution < 1.29 is 4.79 Å². The van der Waals surface area contributed by atoms with E-state index in [0.29, 0.717) is 17.8 Å². The van der Waals surface area contributed by atoms with Crippen LogP contribution in [0.15, 0.2) is 18.2 Å². The van der Waals surface area contributed by atoms with Crippen LogP contribution in [-0.4, -0.2) is 26.5 Å². The predicted molar refractivity (Wildman–Crippen MR) is 81.6 cm³/mol. The van der Waals surface area contributed by atoms with E-state index in [4.69, 9.17) is 5.73 Å². The summed E-state index contributed by atoms with van der Waals surface area (Å²) in [4.78, 5) is 14.1. The number of carbonyl (C=O) groups excluding carboxylic acids is 1. The lowest BCUT2D eigenvalue weighted by atomic mass is 9.92. The molecule has 0 aliphatic carbocycles. The Balaban J connectivity index is 2.79. The summed E-state index contributed by atoms with van der Waals surface area (Å²) in [5, 5.41) is 2.96. The molecule has 1 aromatic rings. The van der Waals surface area contributed by atoms with Gasteiger partial charge in [-0.25, -0.2) is 0 Å². The molecule has 1 aromatic carbocycles. The van der Waals surface area contributed by atoms with Gasteiger partial charge in [0.15, 0.2) is 0 Å². The fourth-order valence-corrected chi connectivity index (χ4v) is 1.77. The normalized spacial score (nSPS) is 11.2. The Labute approximate surface area is 116 Å². The lowest BCUT2D eigenvalue weighted by Crippen LogP contribution is -2.28. The summed E-state index contributed by atoms with van der Waals surface area (Å²) in [5.41, 5.74) is 8.09. The molecule has 4 nitrogen and oxygen atoms in total. The van der Waals surface area contributed by atoms with E-state index in [1.807, 2.05) is 25.1 Å². The molecule has 4 heteroatoms. The first kappa shape index (κ1) is 15.3. The molecule has 0 aliphatic heterocycles. The van der Waals surface area contributed by atoms with Crippen molar-refractivity contribution in [2.45, 2.75) is 27.2 Å². The summed E-state index contributed by atoms with van der Waals surface area (Å²) < 4.78 is 0. The number of nitrogens with zero attached hydrogens (tertiary/aromatic N) is 1. The zero-order valence-corrected chi connectivity index (χ0v) is 12.6. The van der Waals surface area contributed by atoms with Crippen LogP contribution in [0.5, 0.6) is 0 Å². The highest BCUT2D eigenvalue weighted by Gasteiger charge is 2.15. The van der Waals surface area contributed by atoms with Crippen LogP contribution in [0.1, 0.15) is 37.6 Å². The zero-order valence-electron chi connectivity index (χ0n) is 12.6. The third-order valence-electron chi connectivity index (χ3n) is 2.91. The molecule has 0 saturated carbocycles. The number of amides is 1. The van der Waals surface area contributed by atoms with E-state index in [1.54, 1.807) is 12.1 Å². The Morgan fingerprint density at radius 2 is 1.95 bits per heavy atom. The number of rotatable bonds is 4. The standard InChI is InChI=1S/C15H25N3O/c1-15(2,3)8-9-17-14(19)12-10-11(16)6-7-13(12)18(4)5/h6-7,10H,8-9,16H2,1-5H3,(H,17,19). The molecule has 0 spiro atoms. The largest absolute Gasteiger partial charge is 0.399 e. The van der Waals surface area contributed by atoms with Crippen molar-refractivity contribution in [3.63, 3.8) is 0 Å². The van der Waals surface area contributed by atoms with Crippen LogP contribution in [0.4, 0.5) is 11.4 Å². The molecule has 0 bridgehead atoms. The van der Waals surface area contributed by atoms with Gasteiger partial charge >= 0.3 is 0 Å². The van der Waals surface area contributed by atoms with E-state index in [2.05, 4.69) is 26.1 Å². The number of hydrogen-bond donors (Lipinski definition) is 2. The van der Waals surface area contributed by atoms with Gasteiger partial charge < -0.3 is 16.0 Å². The molecule has 0 atom stereocenters. The van der Waals surface area contributed by atoms with E-state index in [1.165, 1.54) is 0 Å². The molecule has 0 heterocycles. The minimum Gasteiger partial charge on any atom is -0.399 e. The lowest BCUT2D eigenvalue weighted by molar-refractivity contribution is 0.0950. The van der Waals surface area contributed by atoms with Gasteiger partial charge in [-0.3, -0.25) is 4.79 Å². The molecule has 19 heavy (non-hydrogen) atoms. The van der Waals surface area contributed by atoms with E-state index >= 15 is 0 Å². The second kappa shape index (κ2) is 5.95. The molecule has 0 radical (unpaired) electrons.